The Labute approximate surface area is 193 Å². The monoisotopic (exact) mass is 472 g/mol. The van der Waals surface area contributed by atoms with Crippen molar-refractivity contribution in [1.29, 1.82) is 0 Å². The number of para-hydroxylation sites is 1. The maximum Gasteiger partial charge on any atom is 0.251 e. The summed E-state index contributed by atoms with van der Waals surface area (Å²) in [5.41, 5.74) is 2.58. The predicted molar refractivity (Wildman–Crippen MR) is 128 cm³/mol. The Balaban J connectivity index is 1.74. The highest BCUT2D eigenvalue weighted by Crippen LogP contribution is 2.26. The molecule has 1 atom stereocenters. The summed E-state index contributed by atoms with van der Waals surface area (Å²) in [7, 11) is -1.94. The number of nitrogens with zero attached hydrogens (tertiary/aromatic N) is 1. The number of methoxy groups -OCH3 is 1. The number of nitrogens with one attached hydrogen (secondary N) is 1. The summed E-state index contributed by atoms with van der Waals surface area (Å²) in [5, 5.41) is 3.42. The number of benzene rings is 3. The molecule has 0 aliphatic heterocycles. The molecule has 0 spiro atoms. The Morgan fingerprint density at radius 1 is 1.06 bits per heavy atom. The van der Waals surface area contributed by atoms with Crippen molar-refractivity contribution in [3.05, 3.63) is 94.5 Å². The van der Waals surface area contributed by atoms with E-state index in [0.29, 0.717) is 22.0 Å². The van der Waals surface area contributed by atoms with Gasteiger partial charge in [-0.25, -0.2) is 8.42 Å². The molecule has 0 saturated heterocycles. The van der Waals surface area contributed by atoms with E-state index in [1.165, 1.54) is 4.31 Å². The Bertz CT molecular complexity index is 1200. The molecule has 32 heavy (non-hydrogen) atoms. The molecular weight excluding hydrogens is 448 g/mol. The van der Waals surface area contributed by atoms with Crippen molar-refractivity contribution in [2.45, 2.75) is 19.5 Å². The number of hydrogen-bond acceptors (Lipinski definition) is 4. The Morgan fingerprint density at radius 3 is 2.38 bits per heavy atom. The normalized spacial score (nSPS) is 12.1. The Kier molecular flexibility index (Phi) is 7.43. The minimum Gasteiger partial charge on any atom is -0.496 e. The zero-order valence-electron chi connectivity index (χ0n) is 18.1. The van der Waals surface area contributed by atoms with E-state index in [0.717, 1.165) is 17.4 Å². The van der Waals surface area contributed by atoms with Gasteiger partial charge < -0.3 is 10.1 Å². The first-order valence-corrected chi connectivity index (χ1v) is 12.2. The molecule has 8 heteroatoms. The van der Waals surface area contributed by atoms with Crippen molar-refractivity contribution in [2.75, 3.05) is 17.7 Å². The van der Waals surface area contributed by atoms with E-state index in [9.17, 15) is 13.2 Å². The van der Waals surface area contributed by atoms with Crippen molar-refractivity contribution >= 4 is 33.2 Å². The average Bonchev–Trinajstić information content (AvgIpc) is 2.77. The number of anilines is 1. The standard InChI is InChI=1S/C24H25ClN2O4S/c1-17(22-9-4-5-10-23(22)31-2)26-24(28)19-13-11-18(12-14-19)16-27(32(3,29)30)21-8-6-7-20(25)15-21/h4-15,17H,16H2,1-3H3,(H,26,28)/t17-/m1/s1. The molecule has 0 radical (unpaired) electrons. The van der Waals surface area contributed by atoms with Gasteiger partial charge in [-0.3, -0.25) is 9.10 Å². The zero-order valence-corrected chi connectivity index (χ0v) is 19.7. The molecule has 0 aliphatic carbocycles. The Hall–Kier alpha value is -3.03. The van der Waals surface area contributed by atoms with Gasteiger partial charge in [-0.05, 0) is 48.9 Å². The van der Waals surface area contributed by atoms with Crippen LogP contribution in [0.2, 0.25) is 5.02 Å². The van der Waals surface area contributed by atoms with Crippen LogP contribution in [0.1, 0.15) is 34.5 Å². The number of carbonyl (C=O) groups is 1. The van der Waals surface area contributed by atoms with Crippen molar-refractivity contribution in [1.82, 2.24) is 5.32 Å². The third-order valence-corrected chi connectivity index (χ3v) is 6.37. The molecule has 0 heterocycles. The second kappa shape index (κ2) is 10.1. The molecule has 1 amide bonds. The minimum atomic E-state index is -3.53. The molecule has 1 N–H and O–H groups in total. The number of rotatable bonds is 8. The van der Waals surface area contributed by atoms with Gasteiger partial charge in [0.05, 0.1) is 31.6 Å². The molecule has 3 aromatic carbocycles. The smallest absolute Gasteiger partial charge is 0.251 e. The molecule has 0 aromatic heterocycles. The number of hydrogen-bond donors (Lipinski definition) is 1. The largest absolute Gasteiger partial charge is 0.496 e. The lowest BCUT2D eigenvalue weighted by atomic mass is 10.1. The van der Waals surface area contributed by atoms with Gasteiger partial charge in [0.2, 0.25) is 10.0 Å². The predicted octanol–water partition coefficient (Wildman–Crippen LogP) is 4.81. The SMILES string of the molecule is COc1ccccc1[C@@H](C)NC(=O)c1ccc(CN(c2cccc(Cl)c2)S(C)(=O)=O)cc1. The maximum atomic E-state index is 12.7. The van der Waals surface area contributed by atoms with Crippen LogP contribution in [0.3, 0.4) is 0 Å². The molecule has 3 rings (SSSR count). The Morgan fingerprint density at radius 2 is 1.75 bits per heavy atom. The highest BCUT2D eigenvalue weighted by atomic mass is 35.5. The number of amides is 1. The summed E-state index contributed by atoms with van der Waals surface area (Å²) in [6.45, 7) is 2.01. The molecular formula is C24H25ClN2O4S. The minimum absolute atomic E-state index is 0.124. The first kappa shape index (κ1) is 23.6. The van der Waals surface area contributed by atoms with E-state index in [-0.39, 0.29) is 18.5 Å². The van der Waals surface area contributed by atoms with Crippen molar-refractivity contribution in [3.8, 4) is 5.75 Å². The third kappa shape index (κ3) is 5.81. The van der Waals surface area contributed by atoms with Crippen molar-refractivity contribution in [3.63, 3.8) is 0 Å². The lowest BCUT2D eigenvalue weighted by Crippen LogP contribution is -2.29. The fourth-order valence-electron chi connectivity index (χ4n) is 3.34. The number of ether oxygens (including phenoxy) is 1. The van der Waals surface area contributed by atoms with Crippen LogP contribution in [-0.4, -0.2) is 27.7 Å². The van der Waals surface area contributed by atoms with E-state index in [4.69, 9.17) is 16.3 Å². The van der Waals surface area contributed by atoms with E-state index in [2.05, 4.69) is 5.32 Å². The fourth-order valence-corrected chi connectivity index (χ4v) is 4.41. The van der Waals surface area contributed by atoms with E-state index in [1.807, 2.05) is 31.2 Å². The molecule has 3 aromatic rings. The van der Waals surface area contributed by atoms with Gasteiger partial charge in [0.15, 0.2) is 0 Å². The summed E-state index contributed by atoms with van der Waals surface area (Å²) < 4.78 is 31.3. The molecule has 168 valence electrons. The van der Waals surface area contributed by atoms with Crippen LogP contribution in [0, 0.1) is 0 Å². The van der Waals surface area contributed by atoms with Gasteiger partial charge in [-0.15, -0.1) is 0 Å². The van der Waals surface area contributed by atoms with Crippen LogP contribution in [0.15, 0.2) is 72.8 Å². The lowest BCUT2D eigenvalue weighted by molar-refractivity contribution is 0.0939. The average molecular weight is 473 g/mol. The van der Waals surface area contributed by atoms with Crippen LogP contribution in [0.4, 0.5) is 5.69 Å². The van der Waals surface area contributed by atoms with Crippen LogP contribution in [0.25, 0.3) is 0 Å². The first-order chi connectivity index (χ1) is 15.2. The zero-order chi connectivity index (χ0) is 23.3. The van der Waals surface area contributed by atoms with Gasteiger partial charge in [-0.1, -0.05) is 48.0 Å². The summed E-state index contributed by atoms with van der Waals surface area (Å²) >= 11 is 6.03. The molecule has 6 nitrogen and oxygen atoms in total. The fraction of sp³-hybridized carbons (Fsp3) is 0.208. The molecule has 0 unspecified atom stereocenters. The summed E-state index contributed by atoms with van der Waals surface area (Å²) in [6, 6.07) is 20.8. The van der Waals surface area contributed by atoms with Crippen LogP contribution >= 0.6 is 11.6 Å². The highest BCUT2D eigenvalue weighted by molar-refractivity contribution is 7.92. The lowest BCUT2D eigenvalue weighted by Gasteiger charge is -2.23. The van der Waals surface area contributed by atoms with Gasteiger partial charge in [-0.2, -0.15) is 0 Å². The van der Waals surface area contributed by atoms with Gasteiger partial charge in [0.1, 0.15) is 5.75 Å². The van der Waals surface area contributed by atoms with Gasteiger partial charge in [0, 0.05) is 16.1 Å². The summed E-state index contributed by atoms with van der Waals surface area (Å²) in [5.74, 6) is 0.474. The van der Waals surface area contributed by atoms with Crippen LogP contribution in [0.5, 0.6) is 5.75 Å². The summed E-state index contributed by atoms with van der Waals surface area (Å²) in [6.07, 6.45) is 1.15. The second-order valence-electron chi connectivity index (χ2n) is 7.38. The third-order valence-electron chi connectivity index (χ3n) is 4.99. The topological polar surface area (TPSA) is 75.7 Å². The van der Waals surface area contributed by atoms with Gasteiger partial charge >= 0.3 is 0 Å². The molecule has 0 saturated carbocycles. The number of halogens is 1. The van der Waals surface area contributed by atoms with E-state index in [1.54, 1.807) is 55.6 Å². The number of sulfonamides is 1. The quantitative estimate of drug-likeness (QED) is 0.510. The molecule has 0 bridgehead atoms. The second-order valence-corrected chi connectivity index (χ2v) is 9.73. The maximum absolute atomic E-state index is 12.7. The highest BCUT2D eigenvalue weighted by Gasteiger charge is 2.19. The molecule has 0 fully saturated rings. The van der Waals surface area contributed by atoms with E-state index < -0.39 is 10.0 Å². The van der Waals surface area contributed by atoms with Crippen molar-refractivity contribution < 1.29 is 17.9 Å². The molecule has 0 aliphatic rings. The van der Waals surface area contributed by atoms with Crippen molar-refractivity contribution in [2.24, 2.45) is 0 Å². The van der Waals surface area contributed by atoms with E-state index >= 15 is 0 Å². The van der Waals surface area contributed by atoms with Crippen LogP contribution < -0.4 is 14.4 Å². The number of carbonyl (C=O) groups excluding carboxylic acids is 1. The van der Waals surface area contributed by atoms with Crippen LogP contribution in [-0.2, 0) is 16.6 Å². The first-order valence-electron chi connectivity index (χ1n) is 9.95. The van der Waals surface area contributed by atoms with Gasteiger partial charge in [0.25, 0.3) is 5.91 Å². The summed E-state index contributed by atoms with van der Waals surface area (Å²) in [4.78, 5) is 12.7.